The molecule has 1 nitrogen and oxygen atoms in total. The molecule has 168 valence electrons. The van der Waals surface area contributed by atoms with Crippen molar-refractivity contribution in [3.63, 3.8) is 0 Å². The monoisotopic (exact) mass is 475 g/mol. The molecule has 0 saturated heterocycles. The molecule has 36 heavy (non-hydrogen) atoms. The first-order valence-electron chi connectivity index (χ1n) is 12.3. The van der Waals surface area contributed by atoms with E-state index in [1.165, 1.54) is 69.6 Å². The third-order valence-electron chi connectivity index (χ3n) is 7.36. The SMILES string of the molecule is c1ccc(-c2ccc3c(c2)c2c4ccccc4c4sc5ccccc5c4c2n3-c2ccccc2)cc1. The van der Waals surface area contributed by atoms with Gasteiger partial charge in [-0.3, -0.25) is 0 Å². The minimum Gasteiger partial charge on any atom is -0.309 e. The molecule has 0 aliphatic heterocycles. The molecule has 0 aliphatic carbocycles. The first kappa shape index (κ1) is 19.9. The van der Waals surface area contributed by atoms with E-state index in [2.05, 4.69) is 132 Å². The number of benzene rings is 6. The molecule has 0 atom stereocenters. The van der Waals surface area contributed by atoms with Gasteiger partial charge in [0.1, 0.15) is 0 Å². The number of hydrogen-bond donors (Lipinski definition) is 0. The topological polar surface area (TPSA) is 4.93 Å². The van der Waals surface area contributed by atoms with Gasteiger partial charge >= 0.3 is 0 Å². The highest BCUT2D eigenvalue weighted by Gasteiger charge is 2.22. The van der Waals surface area contributed by atoms with E-state index in [0.717, 1.165) is 0 Å². The second-order valence-electron chi connectivity index (χ2n) is 9.34. The van der Waals surface area contributed by atoms with Crippen molar-refractivity contribution in [1.82, 2.24) is 4.57 Å². The van der Waals surface area contributed by atoms with Crippen LogP contribution >= 0.6 is 11.3 Å². The summed E-state index contributed by atoms with van der Waals surface area (Å²) in [5.41, 5.74) is 6.22. The van der Waals surface area contributed by atoms with Crippen LogP contribution in [0.2, 0.25) is 0 Å². The Morgan fingerprint density at radius 1 is 0.472 bits per heavy atom. The molecule has 0 fully saturated rings. The van der Waals surface area contributed by atoms with E-state index in [4.69, 9.17) is 0 Å². The molecular formula is C34H21NS. The summed E-state index contributed by atoms with van der Waals surface area (Å²) >= 11 is 1.91. The number of rotatable bonds is 2. The van der Waals surface area contributed by atoms with Crippen molar-refractivity contribution in [2.45, 2.75) is 0 Å². The van der Waals surface area contributed by atoms with Crippen LogP contribution < -0.4 is 0 Å². The molecule has 0 unspecified atom stereocenters. The lowest BCUT2D eigenvalue weighted by molar-refractivity contribution is 1.19. The van der Waals surface area contributed by atoms with Crippen LogP contribution in [0.3, 0.4) is 0 Å². The van der Waals surface area contributed by atoms with Gasteiger partial charge in [0.05, 0.1) is 11.0 Å². The smallest absolute Gasteiger partial charge is 0.0640 e. The molecule has 2 heterocycles. The number of fused-ring (bicyclic) bond motifs is 10. The molecule has 6 aromatic carbocycles. The van der Waals surface area contributed by atoms with Gasteiger partial charge < -0.3 is 4.57 Å². The number of aromatic nitrogens is 1. The average molecular weight is 476 g/mol. The molecule has 0 saturated carbocycles. The molecule has 0 aliphatic rings. The van der Waals surface area contributed by atoms with Gasteiger partial charge in [-0.2, -0.15) is 0 Å². The number of thiophene rings is 1. The normalized spacial score (nSPS) is 11.9. The molecule has 0 N–H and O–H groups in total. The fraction of sp³-hybridized carbons (Fsp3) is 0. The molecule has 8 rings (SSSR count). The van der Waals surface area contributed by atoms with Crippen molar-refractivity contribution in [2.75, 3.05) is 0 Å². The van der Waals surface area contributed by atoms with E-state index in [1.54, 1.807) is 0 Å². The zero-order chi connectivity index (χ0) is 23.6. The molecule has 0 amide bonds. The summed E-state index contributed by atoms with van der Waals surface area (Å²) in [4.78, 5) is 0. The predicted molar refractivity (Wildman–Crippen MR) is 157 cm³/mol. The second-order valence-corrected chi connectivity index (χ2v) is 10.4. The van der Waals surface area contributed by atoms with Gasteiger partial charge in [-0.05, 0) is 46.8 Å². The van der Waals surface area contributed by atoms with Gasteiger partial charge in [0, 0.05) is 42.0 Å². The van der Waals surface area contributed by atoms with E-state index < -0.39 is 0 Å². The van der Waals surface area contributed by atoms with Gasteiger partial charge in [-0.1, -0.05) is 97.1 Å². The van der Waals surface area contributed by atoms with Crippen molar-refractivity contribution < 1.29 is 0 Å². The maximum Gasteiger partial charge on any atom is 0.0640 e. The van der Waals surface area contributed by atoms with Crippen molar-refractivity contribution in [3.8, 4) is 16.8 Å². The van der Waals surface area contributed by atoms with E-state index in [-0.39, 0.29) is 0 Å². The van der Waals surface area contributed by atoms with Gasteiger partial charge in [0.25, 0.3) is 0 Å². The fourth-order valence-electron chi connectivity index (χ4n) is 5.83. The Labute approximate surface area is 212 Å². The highest BCUT2D eigenvalue weighted by atomic mass is 32.1. The van der Waals surface area contributed by atoms with Crippen LogP contribution in [-0.4, -0.2) is 4.57 Å². The summed E-state index contributed by atoms with van der Waals surface area (Å²) in [5.74, 6) is 0. The van der Waals surface area contributed by atoms with E-state index in [1.807, 2.05) is 11.3 Å². The van der Waals surface area contributed by atoms with Crippen LogP contribution in [0.4, 0.5) is 0 Å². The fourth-order valence-corrected chi connectivity index (χ4v) is 7.07. The Kier molecular flexibility index (Phi) is 4.16. The number of hydrogen-bond acceptors (Lipinski definition) is 1. The summed E-state index contributed by atoms with van der Waals surface area (Å²) in [6.07, 6.45) is 0. The molecule has 2 heteroatoms. The lowest BCUT2D eigenvalue weighted by atomic mass is 9.98. The standard InChI is InChI=1S/C34H21NS/c1-3-11-22(12-4-1)23-19-20-29-28(21-23)31-25-15-7-8-16-26(25)34-32(27-17-9-10-18-30(27)36-34)33(31)35(29)24-13-5-2-6-14-24/h1-21H. The van der Waals surface area contributed by atoms with Gasteiger partial charge in [0.2, 0.25) is 0 Å². The summed E-state index contributed by atoms with van der Waals surface area (Å²) in [6, 6.07) is 46.2. The second kappa shape index (κ2) is 7.55. The zero-order valence-corrected chi connectivity index (χ0v) is 20.3. The Morgan fingerprint density at radius 2 is 1.14 bits per heavy atom. The Balaban J connectivity index is 1.68. The van der Waals surface area contributed by atoms with Gasteiger partial charge in [0.15, 0.2) is 0 Å². The van der Waals surface area contributed by atoms with Crippen molar-refractivity contribution in [1.29, 1.82) is 0 Å². The molecule has 8 aromatic rings. The number of nitrogens with zero attached hydrogens (tertiary/aromatic N) is 1. The molecular weight excluding hydrogens is 454 g/mol. The van der Waals surface area contributed by atoms with E-state index >= 15 is 0 Å². The minimum absolute atomic E-state index is 1.19. The third-order valence-corrected chi connectivity index (χ3v) is 8.57. The van der Waals surface area contributed by atoms with Crippen molar-refractivity contribution in [2.24, 2.45) is 0 Å². The largest absolute Gasteiger partial charge is 0.309 e. The zero-order valence-electron chi connectivity index (χ0n) is 19.5. The summed E-state index contributed by atoms with van der Waals surface area (Å²) in [7, 11) is 0. The van der Waals surface area contributed by atoms with Crippen molar-refractivity contribution >= 4 is 64.1 Å². The molecule has 0 bridgehead atoms. The first-order valence-corrected chi connectivity index (χ1v) is 13.1. The lowest BCUT2D eigenvalue weighted by Crippen LogP contribution is -1.94. The third kappa shape index (κ3) is 2.71. The van der Waals surface area contributed by atoms with Crippen LogP contribution in [0.15, 0.2) is 127 Å². The summed E-state index contributed by atoms with van der Waals surface area (Å²) < 4.78 is 5.18. The van der Waals surface area contributed by atoms with Crippen LogP contribution in [0.25, 0.3) is 69.6 Å². The Hall–Kier alpha value is -4.40. The molecule has 0 radical (unpaired) electrons. The van der Waals surface area contributed by atoms with Crippen LogP contribution in [0.1, 0.15) is 0 Å². The minimum atomic E-state index is 1.19. The summed E-state index contributed by atoms with van der Waals surface area (Å²) in [6.45, 7) is 0. The number of para-hydroxylation sites is 1. The van der Waals surface area contributed by atoms with E-state index in [9.17, 15) is 0 Å². The highest BCUT2D eigenvalue weighted by molar-refractivity contribution is 7.27. The maximum atomic E-state index is 2.48. The van der Waals surface area contributed by atoms with E-state index in [0.29, 0.717) is 0 Å². The highest BCUT2D eigenvalue weighted by Crippen LogP contribution is 2.48. The Morgan fingerprint density at radius 3 is 1.94 bits per heavy atom. The first-order chi connectivity index (χ1) is 17.9. The van der Waals surface area contributed by atoms with Crippen LogP contribution in [0, 0.1) is 0 Å². The lowest BCUT2D eigenvalue weighted by Gasteiger charge is -2.10. The quantitative estimate of drug-likeness (QED) is 0.234. The average Bonchev–Trinajstić information content (AvgIpc) is 3.50. The maximum absolute atomic E-state index is 2.48. The van der Waals surface area contributed by atoms with Crippen molar-refractivity contribution in [3.05, 3.63) is 127 Å². The Bertz CT molecular complexity index is 2080. The van der Waals surface area contributed by atoms with Crippen LogP contribution in [0.5, 0.6) is 0 Å². The van der Waals surface area contributed by atoms with Gasteiger partial charge in [-0.25, -0.2) is 0 Å². The van der Waals surface area contributed by atoms with Crippen LogP contribution in [-0.2, 0) is 0 Å². The predicted octanol–water partition coefficient (Wildman–Crippen LogP) is 9.97. The summed E-state index contributed by atoms with van der Waals surface area (Å²) in [5, 5.41) is 7.96. The van der Waals surface area contributed by atoms with Gasteiger partial charge in [-0.15, -0.1) is 11.3 Å². The molecule has 2 aromatic heterocycles. The molecule has 0 spiro atoms.